The van der Waals surface area contributed by atoms with Gasteiger partial charge in [0.15, 0.2) is 5.78 Å². The monoisotopic (exact) mass is 247 g/mol. The van der Waals surface area contributed by atoms with Crippen LogP contribution in [0, 0.1) is 5.82 Å². The largest absolute Gasteiger partial charge is 0.480 e. The van der Waals surface area contributed by atoms with Crippen molar-refractivity contribution in [3.63, 3.8) is 0 Å². The maximum absolute atomic E-state index is 12.7. The van der Waals surface area contributed by atoms with Gasteiger partial charge in [-0.15, -0.1) is 12.4 Å². The molecule has 0 aromatic heterocycles. The number of carboxylic acid groups (broad SMARTS) is 1. The van der Waals surface area contributed by atoms with Crippen molar-refractivity contribution in [2.24, 2.45) is 5.73 Å². The van der Waals surface area contributed by atoms with E-state index in [0.717, 1.165) is 6.07 Å². The Bertz CT molecular complexity index is 397. The van der Waals surface area contributed by atoms with Crippen LogP contribution < -0.4 is 5.73 Å². The number of ketones is 1. The van der Waals surface area contributed by atoms with Gasteiger partial charge in [0.05, 0.1) is 0 Å². The van der Waals surface area contributed by atoms with Gasteiger partial charge < -0.3 is 10.8 Å². The summed E-state index contributed by atoms with van der Waals surface area (Å²) in [7, 11) is 0. The Balaban J connectivity index is 0.00000225. The molecule has 0 fully saturated rings. The number of carbonyl (C=O) groups is 2. The molecule has 0 aliphatic heterocycles. The van der Waals surface area contributed by atoms with Gasteiger partial charge in [-0.2, -0.15) is 0 Å². The lowest BCUT2D eigenvalue weighted by Crippen LogP contribution is -2.32. The van der Waals surface area contributed by atoms with Crippen molar-refractivity contribution in [1.29, 1.82) is 0 Å². The van der Waals surface area contributed by atoms with Gasteiger partial charge in [-0.05, 0) is 12.1 Å². The molecule has 0 bridgehead atoms. The fourth-order valence-electron chi connectivity index (χ4n) is 1.07. The predicted octanol–water partition coefficient (Wildman–Crippen LogP) is 1.23. The van der Waals surface area contributed by atoms with Crippen molar-refractivity contribution in [2.75, 3.05) is 0 Å². The number of halogens is 2. The van der Waals surface area contributed by atoms with Gasteiger partial charge in [0.1, 0.15) is 11.9 Å². The van der Waals surface area contributed by atoms with E-state index in [9.17, 15) is 14.0 Å². The molecule has 3 N–H and O–H groups in total. The first-order valence-electron chi connectivity index (χ1n) is 4.28. The lowest BCUT2D eigenvalue weighted by Gasteiger charge is -2.05. The fourth-order valence-corrected chi connectivity index (χ4v) is 1.07. The zero-order valence-electron chi connectivity index (χ0n) is 8.22. The van der Waals surface area contributed by atoms with Crippen LogP contribution in [0.5, 0.6) is 0 Å². The van der Waals surface area contributed by atoms with Gasteiger partial charge in [0.2, 0.25) is 0 Å². The Morgan fingerprint density at radius 1 is 1.44 bits per heavy atom. The molecule has 88 valence electrons. The summed E-state index contributed by atoms with van der Waals surface area (Å²) in [5.74, 6) is -2.27. The van der Waals surface area contributed by atoms with Crippen LogP contribution in [0.25, 0.3) is 0 Å². The van der Waals surface area contributed by atoms with Crippen LogP contribution in [-0.2, 0) is 4.79 Å². The second kappa shape index (κ2) is 6.19. The third-order valence-electron chi connectivity index (χ3n) is 1.87. The summed E-state index contributed by atoms with van der Waals surface area (Å²) in [5.41, 5.74) is 5.31. The van der Waals surface area contributed by atoms with Gasteiger partial charge in [0.25, 0.3) is 0 Å². The highest BCUT2D eigenvalue weighted by atomic mass is 35.5. The Kier molecular flexibility index (Phi) is 5.63. The Morgan fingerprint density at radius 2 is 2.06 bits per heavy atom. The second-order valence-electron chi connectivity index (χ2n) is 3.08. The number of Topliss-reactive ketones (excluding diaryl/α,β-unsaturated/α-hetero) is 1. The standard InChI is InChI=1S/C10H10FNO3.ClH/c11-7-3-1-2-6(4-7)9(13)5-8(12)10(14)15;/h1-4,8H,5,12H2,(H,14,15);1H/t8-;/m0./s1. The molecule has 0 aliphatic carbocycles. The maximum atomic E-state index is 12.7. The maximum Gasteiger partial charge on any atom is 0.320 e. The summed E-state index contributed by atoms with van der Waals surface area (Å²) in [6.07, 6.45) is -0.335. The molecule has 0 spiro atoms. The third-order valence-corrected chi connectivity index (χ3v) is 1.87. The summed E-state index contributed by atoms with van der Waals surface area (Å²) in [6, 6.07) is 3.81. The summed E-state index contributed by atoms with van der Waals surface area (Å²) < 4.78 is 12.7. The van der Waals surface area contributed by atoms with Crippen LogP contribution in [0.15, 0.2) is 24.3 Å². The van der Waals surface area contributed by atoms with E-state index in [4.69, 9.17) is 10.8 Å². The molecule has 0 amide bonds. The molecule has 6 heteroatoms. The molecule has 4 nitrogen and oxygen atoms in total. The highest BCUT2D eigenvalue weighted by molar-refractivity contribution is 5.98. The van der Waals surface area contributed by atoms with Crippen LogP contribution in [0.4, 0.5) is 4.39 Å². The number of hydrogen-bond donors (Lipinski definition) is 2. The zero-order chi connectivity index (χ0) is 11.4. The number of hydrogen-bond acceptors (Lipinski definition) is 3. The van der Waals surface area contributed by atoms with Crippen molar-refractivity contribution in [3.8, 4) is 0 Å². The van der Waals surface area contributed by atoms with Gasteiger partial charge in [0, 0.05) is 12.0 Å². The van der Waals surface area contributed by atoms with Crippen LogP contribution in [-0.4, -0.2) is 22.9 Å². The Hall–Kier alpha value is -1.46. The molecule has 0 heterocycles. The number of carboxylic acids is 1. The van der Waals surface area contributed by atoms with E-state index in [1.165, 1.54) is 18.2 Å². The topological polar surface area (TPSA) is 80.4 Å². The molecular weight excluding hydrogens is 237 g/mol. The average molecular weight is 248 g/mol. The molecule has 0 radical (unpaired) electrons. The predicted molar refractivity (Wildman–Crippen MR) is 58.2 cm³/mol. The van der Waals surface area contributed by atoms with E-state index in [1.54, 1.807) is 0 Å². The highest BCUT2D eigenvalue weighted by Gasteiger charge is 2.17. The summed E-state index contributed by atoms with van der Waals surface area (Å²) in [4.78, 5) is 21.8. The smallest absolute Gasteiger partial charge is 0.320 e. The molecule has 16 heavy (non-hydrogen) atoms. The highest BCUT2D eigenvalue weighted by Crippen LogP contribution is 2.07. The summed E-state index contributed by atoms with van der Waals surface area (Å²) >= 11 is 0. The van der Waals surface area contributed by atoms with Crippen molar-refractivity contribution in [3.05, 3.63) is 35.6 Å². The van der Waals surface area contributed by atoms with E-state index in [2.05, 4.69) is 0 Å². The molecule has 1 rings (SSSR count). The minimum absolute atomic E-state index is 0. The Labute approximate surface area is 97.7 Å². The summed E-state index contributed by atoms with van der Waals surface area (Å²) in [5, 5.41) is 8.48. The molecule has 1 aromatic rings. The van der Waals surface area contributed by atoms with Gasteiger partial charge >= 0.3 is 5.97 Å². The number of aliphatic carboxylic acids is 1. The van der Waals surface area contributed by atoms with Crippen LogP contribution >= 0.6 is 12.4 Å². The first kappa shape index (κ1) is 14.5. The normalized spacial score (nSPS) is 11.4. The van der Waals surface area contributed by atoms with Crippen molar-refractivity contribution in [2.45, 2.75) is 12.5 Å². The average Bonchev–Trinajstić information content (AvgIpc) is 2.17. The van der Waals surface area contributed by atoms with E-state index < -0.39 is 23.6 Å². The fraction of sp³-hybridized carbons (Fsp3) is 0.200. The molecule has 1 atom stereocenters. The van der Waals surface area contributed by atoms with E-state index in [-0.39, 0.29) is 24.4 Å². The molecule has 0 aliphatic rings. The lowest BCUT2D eigenvalue weighted by molar-refractivity contribution is -0.138. The number of rotatable bonds is 4. The molecule has 0 unspecified atom stereocenters. The third kappa shape index (κ3) is 3.96. The van der Waals surface area contributed by atoms with Gasteiger partial charge in [-0.3, -0.25) is 9.59 Å². The van der Waals surface area contributed by atoms with E-state index in [0.29, 0.717) is 0 Å². The SMILES string of the molecule is Cl.N[C@@H](CC(=O)c1cccc(F)c1)C(=O)O. The molecule has 0 saturated carbocycles. The van der Waals surface area contributed by atoms with Gasteiger partial charge in [-0.1, -0.05) is 12.1 Å². The number of benzene rings is 1. The first-order chi connectivity index (χ1) is 7.00. The van der Waals surface area contributed by atoms with Crippen molar-refractivity contribution in [1.82, 2.24) is 0 Å². The van der Waals surface area contributed by atoms with E-state index in [1.807, 2.05) is 0 Å². The second-order valence-corrected chi connectivity index (χ2v) is 3.08. The van der Waals surface area contributed by atoms with Crippen LogP contribution in [0.2, 0.25) is 0 Å². The van der Waals surface area contributed by atoms with Crippen molar-refractivity contribution >= 4 is 24.2 Å². The van der Waals surface area contributed by atoms with Crippen molar-refractivity contribution < 1.29 is 19.1 Å². The molecular formula is C10H11ClFNO3. The number of carbonyl (C=O) groups excluding carboxylic acids is 1. The quantitative estimate of drug-likeness (QED) is 0.785. The van der Waals surface area contributed by atoms with Crippen LogP contribution in [0.1, 0.15) is 16.8 Å². The van der Waals surface area contributed by atoms with Crippen LogP contribution in [0.3, 0.4) is 0 Å². The van der Waals surface area contributed by atoms with E-state index >= 15 is 0 Å². The van der Waals surface area contributed by atoms with Gasteiger partial charge in [-0.25, -0.2) is 4.39 Å². The minimum atomic E-state index is -1.25. The lowest BCUT2D eigenvalue weighted by atomic mass is 10.0. The summed E-state index contributed by atoms with van der Waals surface area (Å²) in [6.45, 7) is 0. The molecule has 1 aromatic carbocycles. The molecule has 0 saturated heterocycles. The minimum Gasteiger partial charge on any atom is -0.480 e. The Morgan fingerprint density at radius 3 is 2.56 bits per heavy atom. The number of nitrogens with two attached hydrogens (primary N) is 1. The first-order valence-corrected chi connectivity index (χ1v) is 4.28. The zero-order valence-corrected chi connectivity index (χ0v) is 9.04.